The van der Waals surface area contributed by atoms with Crippen LogP contribution in [0.3, 0.4) is 0 Å². The zero-order chi connectivity index (χ0) is 21.4. The summed E-state index contributed by atoms with van der Waals surface area (Å²) in [5, 5.41) is 8.45. The van der Waals surface area contributed by atoms with Gasteiger partial charge in [0.25, 0.3) is 5.56 Å². The first kappa shape index (κ1) is 18.9. The molecular weight excluding hydrogens is 386 g/mol. The van der Waals surface area contributed by atoms with Gasteiger partial charge < -0.3 is 0 Å². The predicted molar refractivity (Wildman–Crippen MR) is 121 cm³/mol. The number of hydrogen-bond donors (Lipinski definition) is 0. The molecule has 5 aromatic rings. The lowest BCUT2D eigenvalue weighted by atomic mass is 9.98. The molecule has 0 aliphatic rings. The molecule has 0 unspecified atom stereocenters. The fourth-order valence-electron chi connectivity index (χ4n) is 4.04. The van der Waals surface area contributed by atoms with Crippen molar-refractivity contribution < 1.29 is 0 Å². The molecule has 3 aromatic carbocycles. The Morgan fingerprint density at radius 1 is 0.806 bits per heavy atom. The largest absolute Gasteiger partial charge is 0.285 e. The smallest absolute Gasteiger partial charge is 0.284 e. The minimum atomic E-state index is -0.307. The number of rotatable bonds is 4. The van der Waals surface area contributed by atoms with Crippen molar-refractivity contribution in [1.29, 1.82) is 0 Å². The van der Waals surface area contributed by atoms with E-state index in [9.17, 15) is 4.79 Å². The molecule has 0 saturated heterocycles. The van der Waals surface area contributed by atoms with Crippen molar-refractivity contribution >= 4 is 11.2 Å². The van der Waals surface area contributed by atoms with E-state index in [1.54, 1.807) is 15.6 Å². The molecule has 6 heteroatoms. The van der Waals surface area contributed by atoms with E-state index in [0.717, 1.165) is 27.9 Å². The van der Waals surface area contributed by atoms with Gasteiger partial charge in [0.15, 0.2) is 11.2 Å². The highest BCUT2D eigenvalue weighted by Crippen LogP contribution is 2.25. The average molecular weight is 407 g/mol. The highest BCUT2D eigenvalue weighted by atomic mass is 16.1. The quantitative estimate of drug-likeness (QED) is 0.447. The van der Waals surface area contributed by atoms with Crippen LogP contribution in [0, 0.1) is 13.8 Å². The predicted octanol–water partition coefficient (Wildman–Crippen LogP) is 4.23. The molecular formula is C25H21N5O. The lowest BCUT2D eigenvalue weighted by molar-refractivity contribution is 0.642. The van der Waals surface area contributed by atoms with Crippen molar-refractivity contribution in [2.75, 3.05) is 0 Å². The molecule has 6 nitrogen and oxygen atoms in total. The van der Waals surface area contributed by atoms with Gasteiger partial charge in [0.1, 0.15) is 6.33 Å². The highest BCUT2D eigenvalue weighted by Gasteiger charge is 2.21. The van der Waals surface area contributed by atoms with Crippen LogP contribution >= 0.6 is 0 Å². The van der Waals surface area contributed by atoms with Crippen molar-refractivity contribution in [3.8, 4) is 5.69 Å². The van der Waals surface area contributed by atoms with E-state index in [-0.39, 0.29) is 17.1 Å². The Kier molecular flexibility index (Phi) is 4.67. The minimum absolute atomic E-state index is 0.224. The Balaban J connectivity index is 1.70. The van der Waals surface area contributed by atoms with Crippen LogP contribution in [0.5, 0.6) is 0 Å². The van der Waals surface area contributed by atoms with Gasteiger partial charge in [0, 0.05) is 0 Å². The molecule has 2 aromatic heterocycles. The molecule has 0 atom stereocenters. The van der Waals surface area contributed by atoms with Crippen LogP contribution in [-0.2, 0) is 0 Å². The van der Waals surface area contributed by atoms with Gasteiger partial charge in [-0.2, -0.15) is 4.68 Å². The van der Waals surface area contributed by atoms with E-state index in [1.807, 2.05) is 86.6 Å². The molecule has 152 valence electrons. The van der Waals surface area contributed by atoms with E-state index < -0.39 is 0 Å². The van der Waals surface area contributed by atoms with Crippen molar-refractivity contribution in [2.45, 2.75) is 19.9 Å². The molecule has 2 heterocycles. The SMILES string of the molecule is Cc1cc(C)cc(-n2nnc3c(=O)n(C(c4ccccc4)c4ccccc4)cnc32)c1. The molecule has 0 radical (unpaired) electrons. The van der Waals surface area contributed by atoms with E-state index in [1.165, 1.54) is 0 Å². The molecule has 0 saturated carbocycles. The van der Waals surface area contributed by atoms with Gasteiger partial charge in [0.05, 0.1) is 11.7 Å². The fourth-order valence-corrected chi connectivity index (χ4v) is 4.04. The lowest BCUT2D eigenvalue weighted by Gasteiger charge is -2.20. The van der Waals surface area contributed by atoms with Crippen LogP contribution in [0.1, 0.15) is 28.3 Å². The van der Waals surface area contributed by atoms with Crippen molar-refractivity contribution in [1.82, 2.24) is 24.5 Å². The first-order valence-electron chi connectivity index (χ1n) is 10.1. The number of hydrogen-bond acceptors (Lipinski definition) is 4. The van der Waals surface area contributed by atoms with Crippen LogP contribution < -0.4 is 5.56 Å². The summed E-state index contributed by atoms with van der Waals surface area (Å²) < 4.78 is 3.26. The van der Waals surface area contributed by atoms with Crippen molar-refractivity contribution in [3.63, 3.8) is 0 Å². The second kappa shape index (κ2) is 7.65. The van der Waals surface area contributed by atoms with Gasteiger partial charge in [-0.25, -0.2) is 4.98 Å². The molecule has 0 bridgehead atoms. The van der Waals surface area contributed by atoms with E-state index in [2.05, 4.69) is 21.4 Å². The Morgan fingerprint density at radius 3 is 1.97 bits per heavy atom. The van der Waals surface area contributed by atoms with E-state index in [4.69, 9.17) is 0 Å². The second-order valence-electron chi connectivity index (χ2n) is 7.70. The maximum absolute atomic E-state index is 13.5. The number of aryl methyl sites for hydroxylation is 2. The van der Waals surface area contributed by atoms with Crippen molar-refractivity contribution in [3.05, 3.63) is 118 Å². The topological polar surface area (TPSA) is 65.6 Å². The maximum atomic E-state index is 13.5. The van der Waals surface area contributed by atoms with Crippen LogP contribution in [-0.4, -0.2) is 24.5 Å². The summed E-state index contributed by atoms with van der Waals surface area (Å²) in [5.41, 5.74) is 5.54. The molecule has 0 aliphatic heterocycles. The Hall–Kier alpha value is -4.06. The van der Waals surface area contributed by atoms with E-state index >= 15 is 0 Å². The van der Waals surface area contributed by atoms with Crippen LogP contribution in [0.2, 0.25) is 0 Å². The Morgan fingerprint density at radius 2 is 1.39 bits per heavy atom. The molecule has 0 N–H and O–H groups in total. The zero-order valence-corrected chi connectivity index (χ0v) is 17.3. The number of fused-ring (bicyclic) bond motifs is 1. The Labute approximate surface area is 179 Å². The summed E-state index contributed by atoms with van der Waals surface area (Å²) >= 11 is 0. The summed E-state index contributed by atoms with van der Waals surface area (Å²) in [6.45, 7) is 4.06. The van der Waals surface area contributed by atoms with Crippen LogP contribution in [0.15, 0.2) is 90.0 Å². The second-order valence-corrected chi connectivity index (χ2v) is 7.70. The van der Waals surface area contributed by atoms with Gasteiger partial charge in [-0.15, -0.1) is 5.10 Å². The lowest BCUT2D eigenvalue weighted by Crippen LogP contribution is -2.27. The molecule has 5 rings (SSSR count). The summed E-state index contributed by atoms with van der Waals surface area (Å²) in [7, 11) is 0. The average Bonchev–Trinajstić information content (AvgIpc) is 3.21. The normalized spacial score (nSPS) is 11.3. The number of aromatic nitrogens is 5. The third-order valence-electron chi connectivity index (χ3n) is 5.35. The molecule has 0 fully saturated rings. The molecule has 0 spiro atoms. The first-order valence-corrected chi connectivity index (χ1v) is 10.1. The summed E-state index contributed by atoms with van der Waals surface area (Å²) in [4.78, 5) is 18.1. The minimum Gasteiger partial charge on any atom is -0.285 e. The summed E-state index contributed by atoms with van der Waals surface area (Å²) in [6.07, 6.45) is 1.60. The Bertz CT molecular complexity index is 1360. The standard InChI is InChI=1S/C25H21N5O/c1-17-13-18(2)15-21(14-17)30-24-22(27-28-30)25(31)29(16-26-24)23(19-9-5-3-6-10-19)20-11-7-4-8-12-20/h3-16,23H,1-2H3. The highest BCUT2D eigenvalue weighted by molar-refractivity contribution is 5.70. The maximum Gasteiger partial charge on any atom is 0.284 e. The van der Waals surface area contributed by atoms with Crippen LogP contribution in [0.4, 0.5) is 0 Å². The van der Waals surface area contributed by atoms with Gasteiger partial charge >= 0.3 is 0 Å². The third kappa shape index (κ3) is 3.42. The van der Waals surface area contributed by atoms with Crippen LogP contribution in [0.25, 0.3) is 16.9 Å². The van der Waals surface area contributed by atoms with Crippen molar-refractivity contribution in [2.24, 2.45) is 0 Å². The summed E-state index contributed by atoms with van der Waals surface area (Å²) in [5.74, 6) is 0. The zero-order valence-electron chi connectivity index (χ0n) is 17.3. The van der Waals surface area contributed by atoms with Gasteiger partial charge in [-0.05, 0) is 48.2 Å². The molecule has 31 heavy (non-hydrogen) atoms. The van der Waals surface area contributed by atoms with E-state index in [0.29, 0.717) is 5.65 Å². The first-order chi connectivity index (χ1) is 15.1. The third-order valence-corrected chi connectivity index (χ3v) is 5.35. The summed E-state index contributed by atoms with van der Waals surface area (Å²) in [6, 6.07) is 25.7. The van der Waals surface area contributed by atoms with Gasteiger partial charge in [-0.3, -0.25) is 9.36 Å². The number of benzene rings is 3. The molecule has 0 aliphatic carbocycles. The van der Waals surface area contributed by atoms with Gasteiger partial charge in [0.2, 0.25) is 0 Å². The fraction of sp³-hybridized carbons (Fsp3) is 0.120. The molecule has 0 amide bonds. The number of nitrogens with zero attached hydrogens (tertiary/aromatic N) is 5. The monoisotopic (exact) mass is 407 g/mol. The van der Waals surface area contributed by atoms with Gasteiger partial charge in [-0.1, -0.05) is 71.9 Å².